The van der Waals surface area contributed by atoms with Crippen molar-refractivity contribution in [2.24, 2.45) is 0 Å². The lowest BCUT2D eigenvalue weighted by molar-refractivity contribution is -0.167. The van der Waals surface area contributed by atoms with Crippen molar-refractivity contribution in [1.29, 1.82) is 0 Å². The molecule has 0 aromatic rings. The maximum absolute atomic E-state index is 12.8. The predicted molar refractivity (Wildman–Crippen MR) is 289 cm³/mol. The largest absolute Gasteiger partial charge is 0.462 e. The van der Waals surface area contributed by atoms with Crippen molar-refractivity contribution in [3.05, 3.63) is 0 Å². The fraction of sp³-hybridized carbons (Fsp3) is 0.951. The first kappa shape index (κ1) is 65.4. The van der Waals surface area contributed by atoms with Gasteiger partial charge in [0.05, 0.1) is 0 Å². The molecule has 0 amide bonds. The molecule has 0 saturated carbocycles. The van der Waals surface area contributed by atoms with Crippen LogP contribution in [0.5, 0.6) is 0 Å². The van der Waals surface area contributed by atoms with Crippen molar-refractivity contribution in [2.75, 3.05) is 13.2 Å². The minimum Gasteiger partial charge on any atom is -0.462 e. The number of hydrogen-bond donors (Lipinski definition) is 0. The molecule has 0 saturated heterocycles. The normalized spacial score (nSPS) is 11.9. The predicted octanol–water partition coefficient (Wildman–Crippen LogP) is 20.3. The fourth-order valence-electron chi connectivity index (χ4n) is 9.51. The van der Waals surface area contributed by atoms with Crippen molar-refractivity contribution >= 4 is 17.9 Å². The van der Waals surface area contributed by atoms with Crippen LogP contribution in [0, 0.1) is 0 Å². The molecule has 398 valence electrons. The Bertz CT molecular complexity index is 998. The van der Waals surface area contributed by atoms with Crippen LogP contribution in [0.4, 0.5) is 0 Å². The van der Waals surface area contributed by atoms with E-state index < -0.39 is 6.10 Å². The van der Waals surface area contributed by atoms with Gasteiger partial charge < -0.3 is 14.2 Å². The zero-order valence-corrected chi connectivity index (χ0v) is 45.7. The highest BCUT2D eigenvalue weighted by Crippen LogP contribution is 2.18. The van der Waals surface area contributed by atoms with Crippen molar-refractivity contribution < 1.29 is 28.6 Å². The van der Waals surface area contributed by atoms with Crippen LogP contribution >= 0.6 is 0 Å². The molecular weight excluding hydrogens is 829 g/mol. The highest BCUT2D eigenvalue weighted by atomic mass is 16.6. The first-order valence-corrected chi connectivity index (χ1v) is 30.5. The molecule has 0 bridgehead atoms. The van der Waals surface area contributed by atoms with E-state index in [-0.39, 0.29) is 31.1 Å². The molecule has 0 aliphatic carbocycles. The quantitative estimate of drug-likeness (QED) is 0.0343. The Morgan fingerprint density at radius 1 is 0.239 bits per heavy atom. The highest BCUT2D eigenvalue weighted by molar-refractivity contribution is 5.71. The van der Waals surface area contributed by atoms with E-state index in [4.69, 9.17) is 14.2 Å². The minimum atomic E-state index is -0.760. The van der Waals surface area contributed by atoms with Crippen molar-refractivity contribution in [3.63, 3.8) is 0 Å². The molecule has 0 N–H and O–H groups in total. The van der Waals surface area contributed by atoms with Gasteiger partial charge in [-0.05, 0) is 19.3 Å². The summed E-state index contributed by atoms with van der Waals surface area (Å²) in [6.45, 7) is 6.66. The van der Waals surface area contributed by atoms with Crippen LogP contribution in [0.1, 0.15) is 355 Å². The smallest absolute Gasteiger partial charge is 0.306 e. The minimum absolute atomic E-state index is 0.0620. The zero-order chi connectivity index (χ0) is 48.6. The molecule has 0 heterocycles. The number of hydrogen-bond acceptors (Lipinski definition) is 6. The summed E-state index contributed by atoms with van der Waals surface area (Å²) in [5.41, 5.74) is 0. The number of ether oxygens (including phenoxy) is 3. The molecule has 1 atom stereocenters. The molecular formula is C61H118O6. The molecule has 0 radical (unpaired) electrons. The van der Waals surface area contributed by atoms with E-state index in [9.17, 15) is 14.4 Å². The Labute approximate surface area is 418 Å². The standard InChI is InChI=1S/C61H118O6/c1-4-7-10-13-16-18-20-22-24-26-28-30-31-32-34-35-37-39-41-43-45-48-51-54-60(63)66-57-58(56-65-59(62)53-50-47-15-12-9-6-3)67-61(64)55-52-49-46-44-42-40-38-36-33-29-27-25-23-21-19-17-14-11-8-5-2/h58H,4-57H2,1-3H3. The highest BCUT2D eigenvalue weighted by Gasteiger charge is 2.19. The average Bonchev–Trinajstić information content (AvgIpc) is 3.33. The van der Waals surface area contributed by atoms with Crippen LogP contribution < -0.4 is 0 Å². The molecule has 6 heteroatoms. The fourth-order valence-corrected chi connectivity index (χ4v) is 9.51. The number of esters is 3. The van der Waals surface area contributed by atoms with Crippen molar-refractivity contribution in [3.8, 4) is 0 Å². The van der Waals surface area contributed by atoms with Gasteiger partial charge in [-0.3, -0.25) is 14.4 Å². The molecule has 0 spiro atoms. The van der Waals surface area contributed by atoms with Crippen LogP contribution in [-0.2, 0) is 28.6 Å². The summed E-state index contributed by atoms with van der Waals surface area (Å²) >= 11 is 0. The van der Waals surface area contributed by atoms with Gasteiger partial charge in [0, 0.05) is 19.3 Å². The second-order valence-electron chi connectivity index (χ2n) is 21.0. The summed E-state index contributed by atoms with van der Waals surface area (Å²) < 4.78 is 16.8. The average molecular weight is 948 g/mol. The Balaban J connectivity index is 4.03. The molecule has 1 unspecified atom stereocenters. The van der Waals surface area contributed by atoms with Crippen LogP contribution in [0.15, 0.2) is 0 Å². The van der Waals surface area contributed by atoms with Crippen molar-refractivity contribution in [1.82, 2.24) is 0 Å². The van der Waals surface area contributed by atoms with Crippen molar-refractivity contribution in [2.45, 2.75) is 361 Å². The number of carbonyl (C=O) groups excluding carboxylic acids is 3. The summed E-state index contributed by atoms with van der Waals surface area (Å²) in [4.78, 5) is 37.9. The van der Waals surface area contributed by atoms with E-state index in [1.807, 2.05) is 0 Å². The lowest BCUT2D eigenvalue weighted by Gasteiger charge is -2.18. The Hall–Kier alpha value is -1.59. The van der Waals surface area contributed by atoms with Crippen LogP contribution in [-0.4, -0.2) is 37.2 Å². The molecule has 0 aliphatic heterocycles. The maximum atomic E-state index is 12.8. The lowest BCUT2D eigenvalue weighted by Crippen LogP contribution is -2.30. The van der Waals surface area contributed by atoms with Gasteiger partial charge in [-0.1, -0.05) is 316 Å². The third-order valence-electron chi connectivity index (χ3n) is 14.1. The number of unbranched alkanes of at least 4 members (excludes halogenated alkanes) is 46. The van der Waals surface area contributed by atoms with Gasteiger partial charge in [0.25, 0.3) is 0 Å². The molecule has 0 fully saturated rings. The summed E-state index contributed by atoms with van der Waals surface area (Å²) in [5.74, 6) is -0.843. The third kappa shape index (κ3) is 55.2. The van der Waals surface area contributed by atoms with Gasteiger partial charge in [-0.2, -0.15) is 0 Å². The van der Waals surface area contributed by atoms with E-state index in [1.54, 1.807) is 0 Å². The topological polar surface area (TPSA) is 78.9 Å². The molecule has 67 heavy (non-hydrogen) atoms. The van der Waals surface area contributed by atoms with Gasteiger partial charge in [-0.25, -0.2) is 0 Å². The van der Waals surface area contributed by atoms with E-state index >= 15 is 0 Å². The third-order valence-corrected chi connectivity index (χ3v) is 14.1. The monoisotopic (exact) mass is 947 g/mol. The van der Waals surface area contributed by atoms with Gasteiger partial charge in [0.1, 0.15) is 13.2 Å². The summed E-state index contributed by atoms with van der Waals surface area (Å²) in [7, 11) is 0. The number of carbonyl (C=O) groups is 3. The second-order valence-corrected chi connectivity index (χ2v) is 21.0. The molecule has 0 rings (SSSR count). The maximum Gasteiger partial charge on any atom is 0.306 e. The van der Waals surface area contributed by atoms with Gasteiger partial charge in [0.2, 0.25) is 0 Å². The molecule has 0 aromatic heterocycles. The lowest BCUT2D eigenvalue weighted by atomic mass is 10.0. The Morgan fingerprint density at radius 3 is 0.597 bits per heavy atom. The first-order chi connectivity index (χ1) is 33.0. The van der Waals surface area contributed by atoms with E-state index in [0.29, 0.717) is 19.3 Å². The van der Waals surface area contributed by atoms with E-state index in [1.165, 1.54) is 257 Å². The second kappa shape index (κ2) is 57.0. The van der Waals surface area contributed by atoms with Crippen LogP contribution in [0.3, 0.4) is 0 Å². The summed E-state index contributed by atoms with van der Waals surface area (Å²) in [6, 6.07) is 0. The first-order valence-electron chi connectivity index (χ1n) is 30.5. The van der Waals surface area contributed by atoms with E-state index in [2.05, 4.69) is 20.8 Å². The molecule has 0 aromatic carbocycles. The SMILES string of the molecule is CCCCCCCCCCCCCCCCCCCCCCCCCC(=O)OCC(COC(=O)CCCCCCCC)OC(=O)CCCCCCCCCCCCCCCCCCCCCC. The summed E-state index contributed by atoms with van der Waals surface area (Å²) in [5, 5.41) is 0. The van der Waals surface area contributed by atoms with Gasteiger partial charge >= 0.3 is 17.9 Å². The molecule has 0 aliphatic rings. The van der Waals surface area contributed by atoms with Gasteiger partial charge in [-0.15, -0.1) is 0 Å². The molecule has 6 nitrogen and oxygen atoms in total. The Morgan fingerprint density at radius 2 is 0.403 bits per heavy atom. The van der Waals surface area contributed by atoms with Crippen LogP contribution in [0.25, 0.3) is 0 Å². The number of rotatable bonds is 57. The van der Waals surface area contributed by atoms with Gasteiger partial charge in [0.15, 0.2) is 6.10 Å². The summed E-state index contributed by atoms with van der Waals surface area (Å²) in [6.07, 6.45) is 64.3. The Kier molecular flexibility index (Phi) is 55.6. The zero-order valence-electron chi connectivity index (χ0n) is 45.7. The van der Waals surface area contributed by atoms with E-state index in [0.717, 1.165) is 57.8 Å². The van der Waals surface area contributed by atoms with Crippen LogP contribution in [0.2, 0.25) is 0 Å².